The van der Waals surface area contributed by atoms with Crippen LogP contribution >= 0.6 is 0 Å². The summed E-state index contributed by atoms with van der Waals surface area (Å²) < 4.78 is 6.18. The molecule has 2 heteroatoms. The Morgan fingerprint density at radius 3 is 2.45 bits per heavy atom. The van der Waals surface area contributed by atoms with Crippen LogP contribution in [0.25, 0.3) is 0 Å². The van der Waals surface area contributed by atoms with Crippen LogP contribution in [-0.2, 0) is 0 Å². The summed E-state index contributed by atoms with van der Waals surface area (Å²) in [6, 6.07) is 19.5. The zero-order chi connectivity index (χ0) is 13.4. The first-order valence-electron chi connectivity index (χ1n) is 7.09. The molecule has 2 aliphatic rings. The maximum atomic E-state index is 6.18. The van der Waals surface area contributed by atoms with Gasteiger partial charge in [-0.25, -0.2) is 0 Å². The van der Waals surface area contributed by atoms with Gasteiger partial charge in [0.1, 0.15) is 20.7 Å². The Morgan fingerprint density at radius 2 is 1.55 bits per heavy atom. The first-order valence-corrected chi connectivity index (χ1v) is 8.91. The topological polar surface area (TPSA) is 9.23 Å². The van der Waals surface area contributed by atoms with E-state index in [0.29, 0.717) is 5.54 Å². The van der Waals surface area contributed by atoms with Crippen LogP contribution < -0.4 is 15.1 Å². The number of fused-ring (bicyclic) bond motifs is 2. The lowest BCUT2D eigenvalue weighted by Gasteiger charge is -2.37. The molecule has 0 aromatic heterocycles. The highest BCUT2D eigenvalue weighted by atomic mass is 28.3. The summed E-state index contributed by atoms with van der Waals surface area (Å²) in [7, 11) is -1.28. The highest BCUT2D eigenvalue weighted by Gasteiger charge is 2.38. The monoisotopic (exact) mass is 276 g/mol. The number of hydrogen-bond donors (Lipinski definition) is 0. The van der Waals surface area contributed by atoms with Crippen molar-refractivity contribution in [2.24, 2.45) is 0 Å². The lowest BCUT2D eigenvalue weighted by Crippen LogP contribution is -2.54. The maximum absolute atomic E-state index is 6.18. The highest BCUT2D eigenvalue weighted by molar-refractivity contribution is 6.87. The van der Waals surface area contributed by atoms with E-state index < -0.39 is 8.80 Å². The first kappa shape index (κ1) is 11.7. The summed E-state index contributed by atoms with van der Waals surface area (Å²) in [4.78, 5) is 0. The molecule has 4 rings (SSSR count). The Labute approximate surface area is 120 Å². The molecule has 1 nitrogen and oxygen atoms in total. The quantitative estimate of drug-likeness (QED) is 0.726. The molecule has 0 bridgehead atoms. The molecule has 0 saturated heterocycles. The van der Waals surface area contributed by atoms with Gasteiger partial charge >= 0.3 is 0 Å². The average molecular weight is 276 g/mol. The molecule has 2 aromatic rings. The fourth-order valence-electron chi connectivity index (χ4n) is 3.28. The second-order valence-corrected chi connectivity index (χ2v) is 8.37. The number of ether oxygens (including phenoxy) is 1. The first-order chi connectivity index (χ1) is 9.93. The molecular formula is C18H16OSi. The maximum Gasteiger partial charge on any atom is 0.121 e. The number of benzene rings is 2. The van der Waals surface area contributed by atoms with Crippen molar-refractivity contribution < 1.29 is 4.74 Å². The van der Waals surface area contributed by atoms with Crippen LogP contribution in [0.2, 0.25) is 5.54 Å². The van der Waals surface area contributed by atoms with Crippen LogP contribution in [0.1, 0.15) is 0 Å². The Bertz CT molecular complexity index is 675. The third-order valence-electron chi connectivity index (χ3n) is 4.19. The summed E-state index contributed by atoms with van der Waals surface area (Å²) in [5.74, 6) is 1.08. The predicted octanol–water partition coefficient (Wildman–Crippen LogP) is 2.29. The van der Waals surface area contributed by atoms with E-state index in [9.17, 15) is 0 Å². The molecule has 0 saturated carbocycles. The standard InChI is InChI=1S/C18H16OSi/c1-2-8-14(9-3-1)20-17-12-6-4-10-15(17)19-16-11-5-7-13-18(16)20/h1-13,15,17,20H. The number of rotatable bonds is 1. The van der Waals surface area contributed by atoms with Crippen molar-refractivity contribution in [2.45, 2.75) is 11.6 Å². The zero-order valence-electron chi connectivity index (χ0n) is 11.1. The molecule has 1 aliphatic heterocycles. The fraction of sp³-hybridized carbons (Fsp3) is 0.111. The van der Waals surface area contributed by atoms with Crippen LogP contribution in [0.5, 0.6) is 5.75 Å². The SMILES string of the molecule is C1=CC2Oc3ccccc3[SiH](c3ccccc3)C2C=C1. The van der Waals surface area contributed by atoms with Gasteiger partial charge in [0, 0.05) is 5.54 Å². The summed E-state index contributed by atoms with van der Waals surface area (Å²) in [6.07, 6.45) is 9.01. The van der Waals surface area contributed by atoms with Crippen molar-refractivity contribution >= 4 is 19.2 Å². The molecular weight excluding hydrogens is 260 g/mol. The number of allylic oxidation sites excluding steroid dienone is 2. The molecule has 0 radical (unpaired) electrons. The molecule has 0 N–H and O–H groups in total. The van der Waals surface area contributed by atoms with Gasteiger partial charge in [0.25, 0.3) is 0 Å². The van der Waals surface area contributed by atoms with E-state index in [1.807, 2.05) is 0 Å². The van der Waals surface area contributed by atoms with Crippen molar-refractivity contribution in [1.82, 2.24) is 0 Å². The molecule has 3 atom stereocenters. The average Bonchev–Trinajstić information content (AvgIpc) is 2.53. The van der Waals surface area contributed by atoms with E-state index in [2.05, 4.69) is 78.9 Å². The lowest BCUT2D eigenvalue weighted by molar-refractivity contribution is 0.247. The lowest BCUT2D eigenvalue weighted by atomic mass is 10.1. The summed E-state index contributed by atoms with van der Waals surface area (Å²) in [6.45, 7) is 0. The zero-order valence-corrected chi connectivity index (χ0v) is 12.3. The van der Waals surface area contributed by atoms with Crippen LogP contribution in [0.15, 0.2) is 78.9 Å². The van der Waals surface area contributed by atoms with Crippen molar-refractivity contribution in [3.8, 4) is 5.75 Å². The van der Waals surface area contributed by atoms with Gasteiger partial charge in [-0.2, -0.15) is 0 Å². The van der Waals surface area contributed by atoms with Gasteiger partial charge in [0.15, 0.2) is 0 Å². The van der Waals surface area contributed by atoms with Gasteiger partial charge < -0.3 is 4.74 Å². The van der Waals surface area contributed by atoms with E-state index >= 15 is 0 Å². The van der Waals surface area contributed by atoms with Gasteiger partial charge in [0.05, 0.1) is 0 Å². The Morgan fingerprint density at radius 1 is 0.800 bits per heavy atom. The van der Waals surface area contributed by atoms with E-state index in [4.69, 9.17) is 4.74 Å². The third-order valence-corrected chi connectivity index (χ3v) is 7.81. The molecule has 3 unspecified atom stereocenters. The van der Waals surface area contributed by atoms with Crippen LogP contribution in [-0.4, -0.2) is 14.9 Å². The largest absolute Gasteiger partial charge is 0.486 e. The molecule has 0 spiro atoms. The van der Waals surface area contributed by atoms with E-state index in [0.717, 1.165) is 5.75 Å². The van der Waals surface area contributed by atoms with Crippen molar-refractivity contribution in [3.63, 3.8) is 0 Å². The van der Waals surface area contributed by atoms with Gasteiger partial charge in [-0.05, 0) is 17.3 Å². The third kappa shape index (κ3) is 1.84. The normalized spacial score (nSPS) is 26.5. The highest BCUT2D eigenvalue weighted by Crippen LogP contribution is 2.32. The van der Waals surface area contributed by atoms with Crippen molar-refractivity contribution in [1.29, 1.82) is 0 Å². The molecule has 1 heterocycles. The summed E-state index contributed by atoms with van der Waals surface area (Å²) >= 11 is 0. The molecule has 0 fully saturated rings. The van der Waals surface area contributed by atoms with Gasteiger partial charge in [-0.1, -0.05) is 71.9 Å². The van der Waals surface area contributed by atoms with Crippen LogP contribution in [0.4, 0.5) is 0 Å². The smallest absolute Gasteiger partial charge is 0.121 e. The van der Waals surface area contributed by atoms with E-state index in [1.165, 1.54) is 10.4 Å². The molecule has 1 aliphatic carbocycles. The van der Waals surface area contributed by atoms with Crippen molar-refractivity contribution in [3.05, 3.63) is 78.9 Å². The Kier molecular flexibility index (Phi) is 2.82. The van der Waals surface area contributed by atoms with Gasteiger partial charge in [-0.15, -0.1) is 0 Å². The summed E-state index contributed by atoms with van der Waals surface area (Å²) in [5, 5.41) is 2.93. The minimum atomic E-state index is -1.28. The van der Waals surface area contributed by atoms with Gasteiger partial charge in [-0.3, -0.25) is 0 Å². The minimum absolute atomic E-state index is 0.201. The van der Waals surface area contributed by atoms with Crippen LogP contribution in [0, 0.1) is 0 Å². The molecule has 0 amide bonds. The Hall–Kier alpha value is -2.06. The fourth-order valence-corrected chi connectivity index (χ4v) is 6.86. The Balaban J connectivity index is 1.89. The van der Waals surface area contributed by atoms with E-state index in [1.54, 1.807) is 0 Å². The number of hydrogen-bond acceptors (Lipinski definition) is 1. The van der Waals surface area contributed by atoms with E-state index in [-0.39, 0.29) is 6.10 Å². The second-order valence-electron chi connectivity index (χ2n) is 5.36. The van der Waals surface area contributed by atoms with Crippen molar-refractivity contribution in [2.75, 3.05) is 0 Å². The van der Waals surface area contributed by atoms with Gasteiger partial charge in [0.2, 0.25) is 0 Å². The number of para-hydroxylation sites is 1. The molecule has 20 heavy (non-hydrogen) atoms. The predicted molar refractivity (Wildman–Crippen MR) is 85.7 cm³/mol. The molecule has 98 valence electrons. The van der Waals surface area contributed by atoms with Crippen LogP contribution in [0.3, 0.4) is 0 Å². The minimum Gasteiger partial charge on any atom is -0.486 e. The molecule has 2 aromatic carbocycles. The second kappa shape index (κ2) is 4.80. The summed E-state index contributed by atoms with van der Waals surface area (Å²) in [5.41, 5.74) is 0.511.